The summed E-state index contributed by atoms with van der Waals surface area (Å²) in [6.45, 7) is 3.96. The Morgan fingerprint density at radius 1 is 1.15 bits per heavy atom. The summed E-state index contributed by atoms with van der Waals surface area (Å²) in [6.07, 6.45) is 0.687. The Kier molecular flexibility index (Phi) is 4.30. The van der Waals surface area contributed by atoms with E-state index >= 15 is 0 Å². The first kappa shape index (κ1) is 14.0. The summed E-state index contributed by atoms with van der Waals surface area (Å²) >= 11 is 0. The van der Waals surface area contributed by atoms with Gasteiger partial charge in [0, 0.05) is 23.5 Å². The summed E-state index contributed by atoms with van der Waals surface area (Å²) in [7, 11) is 1.60. The predicted molar refractivity (Wildman–Crippen MR) is 74.2 cm³/mol. The SMILES string of the molecule is COc1cc(C)nc(COc2ccc(C)nc2C=O)c1. The van der Waals surface area contributed by atoms with Crippen LogP contribution in [0.3, 0.4) is 0 Å². The molecule has 0 N–H and O–H groups in total. The largest absolute Gasteiger partial charge is 0.497 e. The van der Waals surface area contributed by atoms with Crippen molar-refractivity contribution in [3.8, 4) is 11.5 Å². The zero-order chi connectivity index (χ0) is 14.5. The van der Waals surface area contributed by atoms with Gasteiger partial charge in [-0.05, 0) is 26.0 Å². The molecule has 104 valence electrons. The first-order valence-electron chi connectivity index (χ1n) is 6.19. The van der Waals surface area contributed by atoms with Gasteiger partial charge in [0.2, 0.25) is 0 Å². The number of aldehydes is 1. The van der Waals surface area contributed by atoms with Crippen LogP contribution in [0, 0.1) is 13.8 Å². The smallest absolute Gasteiger partial charge is 0.172 e. The summed E-state index contributed by atoms with van der Waals surface area (Å²) in [5, 5.41) is 0. The highest BCUT2D eigenvalue weighted by atomic mass is 16.5. The molecule has 2 aromatic heterocycles. The normalized spacial score (nSPS) is 10.2. The number of hydrogen-bond donors (Lipinski definition) is 0. The van der Waals surface area contributed by atoms with Crippen LogP contribution in [0.4, 0.5) is 0 Å². The Bertz CT molecular complexity index is 627. The van der Waals surface area contributed by atoms with Crippen molar-refractivity contribution < 1.29 is 14.3 Å². The lowest BCUT2D eigenvalue weighted by Crippen LogP contribution is -2.03. The lowest BCUT2D eigenvalue weighted by molar-refractivity contribution is 0.111. The molecular formula is C15H16N2O3. The van der Waals surface area contributed by atoms with Crippen LogP contribution in [0.2, 0.25) is 0 Å². The molecule has 0 aromatic carbocycles. The molecule has 2 heterocycles. The lowest BCUT2D eigenvalue weighted by atomic mass is 10.3. The van der Waals surface area contributed by atoms with Crippen LogP contribution in [-0.2, 0) is 6.61 Å². The Hall–Kier alpha value is -2.43. The number of rotatable bonds is 5. The molecule has 0 unspecified atom stereocenters. The zero-order valence-corrected chi connectivity index (χ0v) is 11.7. The van der Waals surface area contributed by atoms with Gasteiger partial charge in [-0.2, -0.15) is 0 Å². The topological polar surface area (TPSA) is 61.3 Å². The Morgan fingerprint density at radius 3 is 2.65 bits per heavy atom. The molecule has 0 atom stereocenters. The average molecular weight is 272 g/mol. The lowest BCUT2D eigenvalue weighted by Gasteiger charge is -2.09. The van der Waals surface area contributed by atoms with Gasteiger partial charge in [0.15, 0.2) is 6.29 Å². The number of nitrogens with zero attached hydrogens (tertiary/aromatic N) is 2. The van der Waals surface area contributed by atoms with E-state index in [-0.39, 0.29) is 6.61 Å². The molecule has 0 aliphatic carbocycles. The van der Waals surface area contributed by atoms with E-state index in [9.17, 15) is 4.79 Å². The minimum Gasteiger partial charge on any atom is -0.497 e. The second kappa shape index (κ2) is 6.14. The van der Waals surface area contributed by atoms with Crippen molar-refractivity contribution >= 4 is 6.29 Å². The first-order valence-corrected chi connectivity index (χ1v) is 6.19. The summed E-state index contributed by atoms with van der Waals surface area (Å²) in [6, 6.07) is 7.18. The molecule has 0 bridgehead atoms. The van der Waals surface area contributed by atoms with Crippen molar-refractivity contribution in [3.05, 3.63) is 47.0 Å². The van der Waals surface area contributed by atoms with Gasteiger partial charge in [0.05, 0.1) is 12.8 Å². The van der Waals surface area contributed by atoms with E-state index in [2.05, 4.69) is 9.97 Å². The van der Waals surface area contributed by atoms with Gasteiger partial charge in [-0.15, -0.1) is 0 Å². The van der Waals surface area contributed by atoms with Gasteiger partial charge in [0.1, 0.15) is 23.8 Å². The predicted octanol–water partition coefficient (Wildman–Crippen LogP) is 2.49. The molecule has 5 nitrogen and oxygen atoms in total. The van der Waals surface area contributed by atoms with Gasteiger partial charge in [0.25, 0.3) is 0 Å². The highest BCUT2D eigenvalue weighted by Crippen LogP contribution is 2.18. The maximum Gasteiger partial charge on any atom is 0.172 e. The second-order valence-corrected chi connectivity index (χ2v) is 4.38. The van der Waals surface area contributed by atoms with E-state index in [4.69, 9.17) is 9.47 Å². The van der Waals surface area contributed by atoms with Crippen LogP contribution in [0.25, 0.3) is 0 Å². The van der Waals surface area contributed by atoms with Gasteiger partial charge in [-0.1, -0.05) is 0 Å². The summed E-state index contributed by atoms with van der Waals surface area (Å²) < 4.78 is 10.8. The molecule has 0 radical (unpaired) electrons. The number of carbonyl (C=O) groups is 1. The number of pyridine rings is 2. The fraction of sp³-hybridized carbons (Fsp3) is 0.267. The van der Waals surface area contributed by atoms with Crippen LogP contribution < -0.4 is 9.47 Å². The Labute approximate surface area is 117 Å². The Morgan fingerprint density at radius 2 is 1.95 bits per heavy atom. The number of carbonyl (C=O) groups excluding carboxylic acids is 1. The molecule has 5 heteroatoms. The summed E-state index contributed by atoms with van der Waals surface area (Å²) in [5.74, 6) is 1.18. The molecule has 0 saturated carbocycles. The van der Waals surface area contributed by atoms with Crippen molar-refractivity contribution in [2.45, 2.75) is 20.5 Å². The quantitative estimate of drug-likeness (QED) is 0.782. The van der Waals surface area contributed by atoms with Gasteiger partial charge in [-0.3, -0.25) is 9.78 Å². The van der Waals surface area contributed by atoms with Crippen molar-refractivity contribution in [1.82, 2.24) is 9.97 Å². The van der Waals surface area contributed by atoms with E-state index in [0.717, 1.165) is 22.8 Å². The second-order valence-electron chi connectivity index (χ2n) is 4.38. The van der Waals surface area contributed by atoms with Crippen LogP contribution in [0.15, 0.2) is 24.3 Å². The number of hydrogen-bond acceptors (Lipinski definition) is 5. The minimum atomic E-state index is 0.254. The van der Waals surface area contributed by atoms with Crippen molar-refractivity contribution in [3.63, 3.8) is 0 Å². The number of aryl methyl sites for hydroxylation is 2. The molecule has 0 amide bonds. The third-order valence-corrected chi connectivity index (χ3v) is 2.73. The highest BCUT2D eigenvalue weighted by Gasteiger charge is 2.07. The maximum atomic E-state index is 11.0. The number of ether oxygens (including phenoxy) is 2. The van der Waals surface area contributed by atoms with Crippen molar-refractivity contribution in [1.29, 1.82) is 0 Å². The van der Waals surface area contributed by atoms with E-state index in [1.165, 1.54) is 0 Å². The fourth-order valence-corrected chi connectivity index (χ4v) is 1.82. The fourth-order valence-electron chi connectivity index (χ4n) is 1.82. The van der Waals surface area contributed by atoms with Crippen LogP contribution in [0.5, 0.6) is 11.5 Å². The van der Waals surface area contributed by atoms with Gasteiger partial charge in [-0.25, -0.2) is 4.98 Å². The highest BCUT2D eigenvalue weighted by molar-refractivity contribution is 5.76. The molecule has 0 saturated heterocycles. The Balaban J connectivity index is 2.16. The molecule has 2 rings (SSSR count). The third-order valence-electron chi connectivity index (χ3n) is 2.73. The molecule has 0 fully saturated rings. The summed E-state index contributed by atoms with van der Waals surface area (Å²) in [5.41, 5.74) is 2.65. The van der Waals surface area contributed by atoms with Crippen molar-refractivity contribution in [2.75, 3.05) is 7.11 Å². The molecule has 0 aliphatic rings. The monoisotopic (exact) mass is 272 g/mol. The standard InChI is InChI=1S/C15H16N2O3/c1-10-4-5-15(14(8-18)17-10)20-9-12-7-13(19-3)6-11(2)16-12/h4-8H,9H2,1-3H3. The number of methoxy groups -OCH3 is 1. The van der Waals surface area contributed by atoms with E-state index in [1.807, 2.05) is 19.9 Å². The van der Waals surface area contributed by atoms with Crippen molar-refractivity contribution in [2.24, 2.45) is 0 Å². The molecule has 0 spiro atoms. The molecular weight excluding hydrogens is 256 g/mol. The number of aromatic nitrogens is 2. The molecule has 20 heavy (non-hydrogen) atoms. The maximum absolute atomic E-state index is 11.0. The van der Waals surface area contributed by atoms with Crippen LogP contribution >= 0.6 is 0 Å². The van der Waals surface area contributed by atoms with Gasteiger partial charge >= 0.3 is 0 Å². The van der Waals surface area contributed by atoms with Crippen LogP contribution in [-0.4, -0.2) is 23.4 Å². The van der Waals surface area contributed by atoms with E-state index in [1.54, 1.807) is 25.3 Å². The first-order chi connectivity index (χ1) is 9.62. The zero-order valence-electron chi connectivity index (χ0n) is 11.7. The molecule has 2 aromatic rings. The third kappa shape index (κ3) is 3.32. The molecule has 0 aliphatic heterocycles. The minimum absolute atomic E-state index is 0.254. The van der Waals surface area contributed by atoms with Gasteiger partial charge < -0.3 is 9.47 Å². The van der Waals surface area contributed by atoms with Crippen LogP contribution in [0.1, 0.15) is 27.6 Å². The van der Waals surface area contributed by atoms with E-state index < -0.39 is 0 Å². The summed E-state index contributed by atoms with van der Waals surface area (Å²) in [4.78, 5) is 19.4. The van der Waals surface area contributed by atoms with E-state index in [0.29, 0.717) is 17.7 Å². The average Bonchev–Trinajstić information content (AvgIpc) is 2.45.